The quantitative estimate of drug-likeness (QED) is 0.827. The molecule has 1 N–H and O–H groups in total. The van der Waals surface area contributed by atoms with Gasteiger partial charge in [-0.15, -0.1) is 5.10 Å². The Morgan fingerprint density at radius 3 is 2.82 bits per heavy atom. The number of rotatable bonds is 2. The fraction of sp³-hybridized carbons (Fsp3) is 0.833. The SMILES string of the molecule is C[C@@H]1CN(Cc2cn(C(C)(C)C)nn2)CCN1. The zero-order valence-corrected chi connectivity index (χ0v) is 11.3. The summed E-state index contributed by atoms with van der Waals surface area (Å²) in [6.45, 7) is 12.8. The summed E-state index contributed by atoms with van der Waals surface area (Å²) in [7, 11) is 0. The predicted molar refractivity (Wildman–Crippen MR) is 67.8 cm³/mol. The van der Waals surface area contributed by atoms with E-state index in [2.05, 4.69) is 54.4 Å². The first-order valence-corrected chi connectivity index (χ1v) is 6.32. The maximum Gasteiger partial charge on any atom is 0.0967 e. The first-order chi connectivity index (χ1) is 7.95. The third-order valence-electron chi connectivity index (χ3n) is 3.07. The van der Waals surface area contributed by atoms with Crippen LogP contribution in [-0.2, 0) is 12.1 Å². The molecule has 1 aromatic heterocycles. The van der Waals surface area contributed by atoms with Crippen molar-refractivity contribution >= 4 is 0 Å². The Hall–Kier alpha value is -0.940. The van der Waals surface area contributed by atoms with Crippen molar-refractivity contribution in [2.45, 2.75) is 45.8 Å². The van der Waals surface area contributed by atoms with Crippen LogP contribution in [0.5, 0.6) is 0 Å². The van der Waals surface area contributed by atoms with Gasteiger partial charge in [-0.25, -0.2) is 4.68 Å². The molecular formula is C12H23N5. The van der Waals surface area contributed by atoms with Gasteiger partial charge in [0.2, 0.25) is 0 Å². The van der Waals surface area contributed by atoms with Crippen LogP contribution in [0.4, 0.5) is 0 Å². The lowest BCUT2D eigenvalue weighted by molar-refractivity contribution is 0.197. The highest BCUT2D eigenvalue weighted by Crippen LogP contribution is 2.13. The van der Waals surface area contributed by atoms with E-state index in [1.807, 2.05) is 4.68 Å². The molecule has 0 saturated carbocycles. The van der Waals surface area contributed by atoms with Crippen LogP contribution >= 0.6 is 0 Å². The summed E-state index contributed by atoms with van der Waals surface area (Å²) in [6.07, 6.45) is 2.06. The molecule has 1 aliphatic rings. The minimum atomic E-state index is 0.0159. The van der Waals surface area contributed by atoms with Gasteiger partial charge in [-0.1, -0.05) is 5.21 Å². The second-order valence-corrected chi connectivity index (χ2v) is 5.92. The van der Waals surface area contributed by atoms with E-state index in [1.165, 1.54) is 0 Å². The van der Waals surface area contributed by atoms with Gasteiger partial charge in [-0.3, -0.25) is 4.90 Å². The Kier molecular flexibility index (Phi) is 3.49. The van der Waals surface area contributed by atoms with E-state index in [1.54, 1.807) is 0 Å². The maximum atomic E-state index is 4.25. The smallest absolute Gasteiger partial charge is 0.0967 e. The van der Waals surface area contributed by atoms with Crippen LogP contribution in [0.25, 0.3) is 0 Å². The number of nitrogens with one attached hydrogen (secondary N) is 1. The summed E-state index contributed by atoms with van der Waals surface area (Å²) in [4.78, 5) is 2.43. The molecule has 0 unspecified atom stereocenters. The molecule has 96 valence electrons. The van der Waals surface area contributed by atoms with Gasteiger partial charge in [-0.2, -0.15) is 0 Å². The molecule has 0 bridgehead atoms. The van der Waals surface area contributed by atoms with Gasteiger partial charge in [0.15, 0.2) is 0 Å². The first-order valence-electron chi connectivity index (χ1n) is 6.32. The topological polar surface area (TPSA) is 46.0 Å². The summed E-state index contributed by atoms with van der Waals surface area (Å²) in [5.41, 5.74) is 1.08. The van der Waals surface area contributed by atoms with E-state index in [0.717, 1.165) is 31.9 Å². The Bertz CT molecular complexity index is 365. The van der Waals surface area contributed by atoms with Gasteiger partial charge in [-0.05, 0) is 27.7 Å². The minimum absolute atomic E-state index is 0.0159. The molecule has 5 nitrogen and oxygen atoms in total. The van der Waals surface area contributed by atoms with Gasteiger partial charge >= 0.3 is 0 Å². The highest BCUT2D eigenvalue weighted by Gasteiger charge is 2.19. The van der Waals surface area contributed by atoms with E-state index >= 15 is 0 Å². The second-order valence-electron chi connectivity index (χ2n) is 5.92. The monoisotopic (exact) mass is 237 g/mol. The molecule has 0 aromatic carbocycles. The van der Waals surface area contributed by atoms with Crippen molar-refractivity contribution < 1.29 is 0 Å². The molecule has 1 aliphatic heterocycles. The molecule has 1 saturated heterocycles. The van der Waals surface area contributed by atoms with E-state index in [0.29, 0.717) is 6.04 Å². The highest BCUT2D eigenvalue weighted by atomic mass is 15.4. The lowest BCUT2D eigenvalue weighted by Gasteiger charge is -2.31. The molecule has 1 atom stereocenters. The van der Waals surface area contributed by atoms with Gasteiger partial charge in [0.1, 0.15) is 0 Å². The average Bonchev–Trinajstić information content (AvgIpc) is 2.65. The normalized spacial score (nSPS) is 22.9. The Morgan fingerprint density at radius 2 is 2.24 bits per heavy atom. The van der Waals surface area contributed by atoms with Crippen LogP contribution in [0.15, 0.2) is 6.20 Å². The van der Waals surface area contributed by atoms with E-state index in [-0.39, 0.29) is 5.54 Å². The summed E-state index contributed by atoms with van der Waals surface area (Å²) in [5, 5.41) is 11.9. The standard InChI is InChI=1S/C12H23N5/c1-10-7-16(6-5-13-10)8-11-9-17(15-14-11)12(2,3)4/h9-10,13H,5-8H2,1-4H3/t10-/m1/s1. The van der Waals surface area contributed by atoms with Crippen molar-refractivity contribution in [3.8, 4) is 0 Å². The van der Waals surface area contributed by atoms with Crippen molar-refractivity contribution in [1.29, 1.82) is 0 Å². The molecule has 1 aromatic rings. The molecular weight excluding hydrogens is 214 g/mol. The number of hydrogen-bond donors (Lipinski definition) is 1. The fourth-order valence-corrected chi connectivity index (χ4v) is 2.08. The van der Waals surface area contributed by atoms with Crippen molar-refractivity contribution in [2.24, 2.45) is 0 Å². The second kappa shape index (κ2) is 4.74. The van der Waals surface area contributed by atoms with Gasteiger partial charge in [0.25, 0.3) is 0 Å². The Balaban J connectivity index is 1.97. The largest absolute Gasteiger partial charge is 0.312 e. The van der Waals surface area contributed by atoms with Crippen LogP contribution in [0, 0.1) is 0 Å². The molecule has 0 aliphatic carbocycles. The molecule has 5 heteroatoms. The van der Waals surface area contributed by atoms with E-state index in [9.17, 15) is 0 Å². The molecule has 0 amide bonds. The van der Waals surface area contributed by atoms with Gasteiger partial charge in [0.05, 0.1) is 17.4 Å². The van der Waals surface area contributed by atoms with Crippen molar-refractivity contribution in [3.63, 3.8) is 0 Å². The third kappa shape index (κ3) is 3.26. The zero-order valence-electron chi connectivity index (χ0n) is 11.3. The van der Waals surface area contributed by atoms with Gasteiger partial charge in [0, 0.05) is 32.2 Å². The van der Waals surface area contributed by atoms with Crippen LogP contribution < -0.4 is 5.32 Å². The van der Waals surface area contributed by atoms with Crippen molar-refractivity contribution in [3.05, 3.63) is 11.9 Å². The molecule has 1 fully saturated rings. The van der Waals surface area contributed by atoms with Crippen LogP contribution in [-0.4, -0.2) is 45.6 Å². The summed E-state index contributed by atoms with van der Waals surface area (Å²) >= 11 is 0. The number of aromatic nitrogens is 3. The van der Waals surface area contributed by atoms with Crippen LogP contribution in [0.2, 0.25) is 0 Å². The van der Waals surface area contributed by atoms with Crippen LogP contribution in [0.1, 0.15) is 33.4 Å². The molecule has 0 spiro atoms. The number of piperazine rings is 1. The lowest BCUT2D eigenvalue weighted by atomic mass is 10.1. The van der Waals surface area contributed by atoms with E-state index < -0.39 is 0 Å². The van der Waals surface area contributed by atoms with Gasteiger partial charge < -0.3 is 5.32 Å². The van der Waals surface area contributed by atoms with Crippen molar-refractivity contribution in [1.82, 2.24) is 25.2 Å². The first kappa shape index (κ1) is 12.5. The Morgan fingerprint density at radius 1 is 1.47 bits per heavy atom. The lowest BCUT2D eigenvalue weighted by Crippen LogP contribution is -2.48. The predicted octanol–water partition coefficient (Wildman–Crippen LogP) is 0.827. The summed E-state index contributed by atoms with van der Waals surface area (Å²) in [6, 6.07) is 0.571. The molecule has 2 heterocycles. The van der Waals surface area contributed by atoms with E-state index in [4.69, 9.17) is 0 Å². The molecule has 17 heavy (non-hydrogen) atoms. The maximum absolute atomic E-state index is 4.25. The summed E-state index contributed by atoms with van der Waals surface area (Å²) in [5.74, 6) is 0. The van der Waals surface area contributed by atoms with Crippen molar-refractivity contribution in [2.75, 3.05) is 19.6 Å². The molecule has 0 radical (unpaired) electrons. The fourth-order valence-electron chi connectivity index (χ4n) is 2.08. The number of nitrogens with zero attached hydrogens (tertiary/aromatic N) is 4. The molecule has 2 rings (SSSR count). The Labute approximate surface area is 103 Å². The average molecular weight is 237 g/mol. The summed E-state index contributed by atoms with van der Waals surface area (Å²) < 4.78 is 1.94. The van der Waals surface area contributed by atoms with Crippen LogP contribution in [0.3, 0.4) is 0 Å². The minimum Gasteiger partial charge on any atom is -0.312 e. The highest BCUT2D eigenvalue weighted by molar-refractivity contribution is 4.95. The zero-order chi connectivity index (χ0) is 12.5. The third-order valence-corrected chi connectivity index (χ3v) is 3.07. The number of hydrogen-bond acceptors (Lipinski definition) is 4.